The van der Waals surface area contributed by atoms with Gasteiger partial charge in [-0.3, -0.25) is 9.59 Å². The van der Waals surface area contributed by atoms with E-state index in [0.717, 1.165) is 21.1 Å². The highest BCUT2D eigenvalue weighted by atomic mass is 16.3. The number of para-hydroxylation sites is 1. The maximum Gasteiger partial charge on any atom is 0.352 e. The van der Waals surface area contributed by atoms with E-state index >= 15 is 0 Å². The van der Waals surface area contributed by atoms with E-state index < -0.39 is 34.7 Å². The highest BCUT2D eigenvalue weighted by Gasteiger charge is 2.59. The van der Waals surface area contributed by atoms with Crippen molar-refractivity contribution in [3.63, 3.8) is 0 Å². The van der Waals surface area contributed by atoms with Crippen molar-refractivity contribution in [2.24, 2.45) is 11.3 Å². The Kier molecular flexibility index (Phi) is 5.10. The molecule has 7 rings (SSSR count). The first-order chi connectivity index (χ1) is 19.2. The highest BCUT2D eigenvalue weighted by molar-refractivity contribution is 6.13. The number of allylic oxidation sites excluding steroid dienone is 4. The van der Waals surface area contributed by atoms with Crippen LogP contribution in [-0.4, -0.2) is 30.6 Å². The first-order valence-electron chi connectivity index (χ1n) is 13.4. The SMILES string of the molecule is CC1=CC(=O)[C@@H]2C[C@@H]3C(=CCn4c(=O)n(-c5ccccc5)c(=O)n43)[C@H](c3ccc(O)c4ccccc34)[C@]2(C)C1=O. The van der Waals surface area contributed by atoms with E-state index in [1.165, 1.54) is 15.4 Å². The molecular formula is C32H27N3O5. The van der Waals surface area contributed by atoms with Crippen LogP contribution in [0.2, 0.25) is 0 Å². The molecule has 8 nitrogen and oxygen atoms in total. The first-order valence-corrected chi connectivity index (χ1v) is 13.4. The second-order valence-corrected chi connectivity index (χ2v) is 11.2. The Balaban J connectivity index is 1.51. The number of fused-ring (bicyclic) bond motifs is 5. The summed E-state index contributed by atoms with van der Waals surface area (Å²) in [5.74, 6) is -1.38. The molecule has 3 aromatic carbocycles. The third kappa shape index (κ3) is 3.07. The molecule has 0 radical (unpaired) electrons. The molecule has 1 aliphatic heterocycles. The molecule has 8 heteroatoms. The van der Waals surface area contributed by atoms with Crippen LogP contribution >= 0.6 is 0 Å². The third-order valence-electron chi connectivity index (χ3n) is 9.17. The zero-order valence-electron chi connectivity index (χ0n) is 22.1. The standard InChI is InChI=1S/C32H27N3O5/c1-18-16-27(37)24-17-25-23(14-15-33-30(39)34(31(40)35(25)33)19-8-4-3-5-9-19)28(32(24,2)29(18)38)22-12-13-26(36)21-11-7-6-10-20(21)22/h3-14,16,24-25,28,36H,15,17H2,1-2H3/t24-,25+,28-,32+/m0/s1. The molecule has 1 N–H and O–H groups in total. The summed E-state index contributed by atoms with van der Waals surface area (Å²) in [4.78, 5) is 55.0. The highest BCUT2D eigenvalue weighted by Crippen LogP contribution is 2.60. The summed E-state index contributed by atoms with van der Waals surface area (Å²) in [6.07, 6.45) is 3.59. The molecule has 2 aliphatic carbocycles. The van der Waals surface area contributed by atoms with Crippen LogP contribution in [0.25, 0.3) is 16.5 Å². The number of aromatic nitrogens is 3. The number of carbonyl (C=O) groups excluding carboxylic acids is 2. The Hall–Kier alpha value is -4.72. The van der Waals surface area contributed by atoms with Gasteiger partial charge in [0.1, 0.15) is 5.75 Å². The minimum atomic E-state index is -1.11. The second kappa shape index (κ2) is 8.39. The zero-order valence-corrected chi connectivity index (χ0v) is 22.1. The van der Waals surface area contributed by atoms with Crippen molar-refractivity contribution < 1.29 is 14.7 Å². The molecule has 1 saturated carbocycles. The number of benzene rings is 3. The largest absolute Gasteiger partial charge is 0.507 e. The number of aromatic hydroxyl groups is 1. The van der Waals surface area contributed by atoms with E-state index in [-0.39, 0.29) is 30.3 Å². The Labute approximate surface area is 229 Å². The number of hydrogen-bond donors (Lipinski definition) is 1. The first kappa shape index (κ1) is 24.3. The van der Waals surface area contributed by atoms with Crippen molar-refractivity contribution in [3.05, 3.63) is 117 Å². The Bertz CT molecular complexity index is 1940. The monoisotopic (exact) mass is 533 g/mol. The number of phenolic OH excluding ortho intramolecular Hbond substituents is 1. The number of rotatable bonds is 2. The molecule has 0 unspecified atom stereocenters. The van der Waals surface area contributed by atoms with Gasteiger partial charge in [0.2, 0.25) is 0 Å². The van der Waals surface area contributed by atoms with Gasteiger partial charge >= 0.3 is 11.4 Å². The van der Waals surface area contributed by atoms with Gasteiger partial charge in [-0.25, -0.2) is 23.5 Å². The van der Waals surface area contributed by atoms with Crippen LogP contribution in [0.4, 0.5) is 0 Å². The Morgan fingerprint density at radius 3 is 2.33 bits per heavy atom. The molecule has 200 valence electrons. The zero-order chi connectivity index (χ0) is 27.9. The lowest BCUT2D eigenvalue weighted by Gasteiger charge is -2.52. The van der Waals surface area contributed by atoms with E-state index in [4.69, 9.17) is 0 Å². The number of nitrogens with zero attached hydrogens (tertiary/aromatic N) is 3. The lowest BCUT2D eigenvalue weighted by Crippen LogP contribution is -2.54. The normalized spacial score (nSPS) is 25.6. The summed E-state index contributed by atoms with van der Waals surface area (Å²) < 4.78 is 4.06. The van der Waals surface area contributed by atoms with E-state index in [9.17, 15) is 24.3 Å². The fraction of sp³-hybridized carbons (Fsp3) is 0.250. The van der Waals surface area contributed by atoms with Crippen molar-refractivity contribution >= 4 is 22.3 Å². The van der Waals surface area contributed by atoms with Crippen molar-refractivity contribution in [2.45, 2.75) is 38.8 Å². The molecule has 4 atom stereocenters. The van der Waals surface area contributed by atoms with Crippen LogP contribution in [0, 0.1) is 11.3 Å². The second-order valence-electron chi connectivity index (χ2n) is 11.2. The van der Waals surface area contributed by atoms with Crippen LogP contribution < -0.4 is 11.4 Å². The topological polar surface area (TPSA) is 103 Å². The molecule has 2 heterocycles. The molecule has 1 aromatic heterocycles. The fourth-order valence-electron chi connectivity index (χ4n) is 7.36. The fourth-order valence-corrected chi connectivity index (χ4v) is 7.36. The summed E-state index contributed by atoms with van der Waals surface area (Å²) in [7, 11) is 0. The van der Waals surface area contributed by atoms with Crippen LogP contribution in [0.1, 0.15) is 37.8 Å². The van der Waals surface area contributed by atoms with Crippen LogP contribution in [-0.2, 0) is 16.1 Å². The average molecular weight is 534 g/mol. The van der Waals surface area contributed by atoms with Gasteiger partial charge < -0.3 is 5.11 Å². The van der Waals surface area contributed by atoms with E-state index in [0.29, 0.717) is 16.6 Å². The molecule has 40 heavy (non-hydrogen) atoms. The number of Topliss-reactive ketones (excluding diaryl/α,β-unsaturated/α-hetero) is 1. The minimum absolute atomic E-state index is 0.101. The molecule has 0 bridgehead atoms. The van der Waals surface area contributed by atoms with Gasteiger partial charge in [0.25, 0.3) is 0 Å². The van der Waals surface area contributed by atoms with Crippen molar-refractivity contribution in [3.8, 4) is 11.4 Å². The Morgan fingerprint density at radius 1 is 0.875 bits per heavy atom. The van der Waals surface area contributed by atoms with E-state index in [1.807, 2.05) is 49.4 Å². The molecule has 0 saturated heterocycles. The van der Waals surface area contributed by atoms with Crippen molar-refractivity contribution in [1.29, 1.82) is 0 Å². The molecule has 0 amide bonds. The molecule has 1 fully saturated rings. The van der Waals surface area contributed by atoms with Crippen molar-refractivity contribution in [2.75, 3.05) is 0 Å². The van der Waals surface area contributed by atoms with Crippen LogP contribution in [0.5, 0.6) is 5.75 Å². The molecule has 4 aromatic rings. The number of carbonyl (C=O) groups is 2. The van der Waals surface area contributed by atoms with Gasteiger partial charge in [0.15, 0.2) is 11.6 Å². The third-order valence-corrected chi connectivity index (χ3v) is 9.17. The summed E-state index contributed by atoms with van der Waals surface area (Å²) >= 11 is 0. The number of ketones is 2. The number of hydrogen-bond acceptors (Lipinski definition) is 5. The lowest BCUT2D eigenvalue weighted by atomic mass is 9.50. The summed E-state index contributed by atoms with van der Waals surface area (Å²) in [5.41, 5.74) is 0.483. The van der Waals surface area contributed by atoms with Gasteiger partial charge in [0.05, 0.1) is 23.7 Å². The van der Waals surface area contributed by atoms with Gasteiger partial charge in [-0.05, 0) is 59.7 Å². The quantitative estimate of drug-likeness (QED) is 0.392. The number of phenols is 1. The minimum Gasteiger partial charge on any atom is -0.507 e. The summed E-state index contributed by atoms with van der Waals surface area (Å²) in [5, 5.41) is 12.1. The molecular weight excluding hydrogens is 506 g/mol. The van der Waals surface area contributed by atoms with Gasteiger partial charge in [-0.15, -0.1) is 0 Å². The van der Waals surface area contributed by atoms with Crippen LogP contribution in [0.15, 0.2) is 99.6 Å². The van der Waals surface area contributed by atoms with Crippen LogP contribution in [0.3, 0.4) is 0 Å². The van der Waals surface area contributed by atoms with Gasteiger partial charge in [-0.2, -0.15) is 0 Å². The predicted molar refractivity (Wildman–Crippen MR) is 150 cm³/mol. The predicted octanol–water partition coefficient (Wildman–Crippen LogP) is 4.05. The molecule has 3 aliphatic rings. The molecule has 0 spiro atoms. The maximum atomic E-state index is 14.0. The summed E-state index contributed by atoms with van der Waals surface area (Å²) in [6.45, 7) is 3.69. The van der Waals surface area contributed by atoms with Crippen molar-refractivity contribution in [1.82, 2.24) is 13.9 Å². The van der Waals surface area contributed by atoms with Gasteiger partial charge in [-0.1, -0.05) is 61.5 Å². The van der Waals surface area contributed by atoms with E-state index in [1.54, 1.807) is 37.3 Å². The summed E-state index contributed by atoms with van der Waals surface area (Å²) in [6, 6.07) is 19.1. The smallest absolute Gasteiger partial charge is 0.352 e. The lowest BCUT2D eigenvalue weighted by molar-refractivity contribution is -0.139. The van der Waals surface area contributed by atoms with Gasteiger partial charge in [0, 0.05) is 17.2 Å². The van der Waals surface area contributed by atoms with E-state index in [2.05, 4.69) is 0 Å². The maximum absolute atomic E-state index is 14.0. The Morgan fingerprint density at radius 2 is 1.57 bits per heavy atom. The average Bonchev–Trinajstić information content (AvgIpc) is 3.22.